The van der Waals surface area contributed by atoms with Gasteiger partial charge in [0.15, 0.2) is 5.78 Å². The van der Waals surface area contributed by atoms with Crippen molar-refractivity contribution in [1.82, 2.24) is 0 Å². The molecule has 0 N–H and O–H groups in total. The number of rotatable bonds is 2. The van der Waals surface area contributed by atoms with E-state index in [0.717, 1.165) is 10.5 Å². The molecule has 0 aromatic heterocycles. The number of ketones is 1. The van der Waals surface area contributed by atoms with Crippen LogP contribution in [0.3, 0.4) is 0 Å². The number of hydrogen-bond donors (Lipinski definition) is 0. The number of alkyl halides is 3. The van der Waals surface area contributed by atoms with Crippen molar-refractivity contribution in [3.63, 3.8) is 0 Å². The molecule has 0 atom stereocenters. The number of carbonyl (C=O) groups excluding carboxylic acids is 1. The maximum absolute atomic E-state index is 12.8. The Labute approximate surface area is 116 Å². The zero-order chi connectivity index (χ0) is 14.0. The van der Waals surface area contributed by atoms with E-state index in [-0.39, 0.29) is 11.1 Å². The largest absolute Gasteiger partial charge is 0.417 e. The molecule has 0 radical (unpaired) electrons. The first-order chi connectivity index (χ1) is 8.89. The highest BCUT2D eigenvalue weighted by Crippen LogP contribution is 2.32. The van der Waals surface area contributed by atoms with Crippen LogP contribution in [0.5, 0.6) is 0 Å². The highest BCUT2D eigenvalue weighted by molar-refractivity contribution is 9.10. The first-order valence-corrected chi connectivity index (χ1v) is 6.15. The zero-order valence-electron chi connectivity index (χ0n) is 9.54. The molecule has 0 heterocycles. The molecule has 2 aromatic rings. The molecule has 0 spiro atoms. The average Bonchev–Trinajstić information content (AvgIpc) is 2.38. The van der Waals surface area contributed by atoms with Gasteiger partial charge in [0.2, 0.25) is 0 Å². The molecule has 0 amide bonds. The second kappa shape index (κ2) is 5.17. The summed E-state index contributed by atoms with van der Waals surface area (Å²) in [5, 5.41) is 0. The van der Waals surface area contributed by atoms with E-state index in [1.165, 1.54) is 30.3 Å². The summed E-state index contributed by atoms with van der Waals surface area (Å²) in [6.07, 6.45) is -4.54. The van der Waals surface area contributed by atoms with Gasteiger partial charge in [0.25, 0.3) is 0 Å². The molecule has 0 unspecified atom stereocenters. The van der Waals surface area contributed by atoms with Crippen molar-refractivity contribution in [1.29, 1.82) is 0 Å². The zero-order valence-corrected chi connectivity index (χ0v) is 11.1. The summed E-state index contributed by atoms with van der Waals surface area (Å²) >= 11 is 3.21. The second-order valence-electron chi connectivity index (χ2n) is 3.88. The molecular formula is C14H8BrF3O. The smallest absolute Gasteiger partial charge is 0.289 e. The highest BCUT2D eigenvalue weighted by atomic mass is 79.9. The number of benzene rings is 2. The van der Waals surface area contributed by atoms with Gasteiger partial charge in [0.1, 0.15) is 0 Å². The lowest BCUT2D eigenvalue weighted by Crippen LogP contribution is -2.13. The minimum Gasteiger partial charge on any atom is -0.289 e. The first kappa shape index (κ1) is 13.8. The number of carbonyl (C=O) groups is 1. The van der Waals surface area contributed by atoms with E-state index in [1.807, 2.05) is 0 Å². The predicted octanol–water partition coefficient (Wildman–Crippen LogP) is 4.70. The molecule has 0 aliphatic rings. The SMILES string of the molecule is O=C(c1ccc(Br)cc1)c1ccccc1C(F)(F)F. The van der Waals surface area contributed by atoms with Crippen LogP contribution in [0.25, 0.3) is 0 Å². The van der Waals surface area contributed by atoms with Gasteiger partial charge < -0.3 is 0 Å². The van der Waals surface area contributed by atoms with Gasteiger partial charge in [-0.15, -0.1) is 0 Å². The van der Waals surface area contributed by atoms with E-state index in [2.05, 4.69) is 15.9 Å². The van der Waals surface area contributed by atoms with Crippen molar-refractivity contribution in [3.8, 4) is 0 Å². The van der Waals surface area contributed by atoms with E-state index < -0.39 is 17.5 Å². The van der Waals surface area contributed by atoms with Gasteiger partial charge in [0, 0.05) is 15.6 Å². The van der Waals surface area contributed by atoms with Crippen molar-refractivity contribution >= 4 is 21.7 Å². The molecule has 19 heavy (non-hydrogen) atoms. The molecule has 0 fully saturated rings. The van der Waals surface area contributed by atoms with Crippen molar-refractivity contribution in [2.45, 2.75) is 6.18 Å². The summed E-state index contributed by atoms with van der Waals surface area (Å²) in [5.41, 5.74) is -1.03. The van der Waals surface area contributed by atoms with E-state index in [0.29, 0.717) is 0 Å². The minimum atomic E-state index is -4.54. The quantitative estimate of drug-likeness (QED) is 0.730. The highest BCUT2D eigenvalue weighted by Gasteiger charge is 2.34. The Morgan fingerprint density at radius 2 is 1.53 bits per heavy atom. The number of hydrogen-bond acceptors (Lipinski definition) is 1. The van der Waals surface area contributed by atoms with E-state index in [1.54, 1.807) is 12.1 Å². The second-order valence-corrected chi connectivity index (χ2v) is 4.80. The number of halogens is 4. The molecule has 0 saturated heterocycles. The Balaban J connectivity index is 2.48. The van der Waals surface area contributed by atoms with Gasteiger partial charge in [-0.2, -0.15) is 13.2 Å². The molecule has 5 heteroatoms. The first-order valence-electron chi connectivity index (χ1n) is 5.36. The van der Waals surface area contributed by atoms with Crippen molar-refractivity contribution < 1.29 is 18.0 Å². The summed E-state index contributed by atoms with van der Waals surface area (Å²) in [5.74, 6) is -0.638. The fourth-order valence-electron chi connectivity index (χ4n) is 1.69. The summed E-state index contributed by atoms with van der Waals surface area (Å²) in [4.78, 5) is 12.1. The summed E-state index contributed by atoms with van der Waals surface area (Å²) < 4.78 is 39.2. The third kappa shape index (κ3) is 3.04. The van der Waals surface area contributed by atoms with E-state index in [4.69, 9.17) is 0 Å². The Bertz CT molecular complexity index is 603. The van der Waals surface area contributed by atoms with Crippen LogP contribution in [0.15, 0.2) is 53.0 Å². The van der Waals surface area contributed by atoms with E-state index >= 15 is 0 Å². The fraction of sp³-hybridized carbons (Fsp3) is 0.0714. The lowest BCUT2D eigenvalue weighted by atomic mass is 9.98. The minimum absolute atomic E-state index is 0.222. The van der Waals surface area contributed by atoms with Crippen LogP contribution in [0.4, 0.5) is 13.2 Å². The van der Waals surface area contributed by atoms with Crippen molar-refractivity contribution in [2.75, 3.05) is 0 Å². The average molecular weight is 329 g/mol. The van der Waals surface area contributed by atoms with Gasteiger partial charge in [-0.3, -0.25) is 4.79 Å². The molecule has 0 saturated carbocycles. The van der Waals surface area contributed by atoms with Gasteiger partial charge in [-0.1, -0.05) is 34.1 Å². The van der Waals surface area contributed by atoms with Crippen LogP contribution in [0, 0.1) is 0 Å². The third-order valence-corrected chi connectivity index (χ3v) is 3.11. The molecule has 0 aliphatic carbocycles. The Kier molecular flexibility index (Phi) is 3.75. The van der Waals surface area contributed by atoms with Crippen molar-refractivity contribution in [2.24, 2.45) is 0 Å². The lowest BCUT2D eigenvalue weighted by Gasteiger charge is -2.11. The van der Waals surface area contributed by atoms with Gasteiger partial charge in [-0.05, 0) is 30.3 Å². The van der Waals surface area contributed by atoms with Crippen LogP contribution in [-0.4, -0.2) is 5.78 Å². The monoisotopic (exact) mass is 328 g/mol. The maximum atomic E-state index is 12.8. The summed E-state index contributed by atoms with van der Waals surface area (Å²) in [6.45, 7) is 0. The molecule has 1 nitrogen and oxygen atoms in total. The molecule has 98 valence electrons. The van der Waals surface area contributed by atoms with Gasteiger partial charge >= 0.3 is 6.18 Å². The van der Waals surface area contributed by atoms with Crippen LogP contribution in [0.1, 0.15) is 21.5 Å². The summed E-state index contributed by atoms with van der Waals surface area (Å²) in [6, 6.07) is 11.0. The van der Waals surface area contributed by atoms with Crippen LogP contribution in [0.2, 0.25) is 0 Å². The van der Waals surface area contributed by atoms with E-state index in [9.17, 15) is 18.0 Å². The molecule has 2 aromatic carbocycles. The summed E-state index contributed by atoms with van der Waals surface area (Å²) in [7, 11) is 0. The predicted molar refractivity (Wildman–Crippen MR) is 69.0 cm³/mol. The Morgan fingerprint density at radius 3 is 2.11 bits per heavy atom. The lowest BCUT2D eigenvalue weighted by molar-refractivity contribution is -0.137. The fourth-order valence-corrected chi connectivity index (χ4v) is 1.95. The Morgan fingerprint density at radius 1 is 0.947 bits per heavy atom. The van der Waals surface area contributed by atoms with Crippen LogP contribution >= 0.6 is 15.9 Å². The molecule has 2 rings (SSSR count). The molecule has 0 bridgehead atoms. The van der Waals surface area contributed by atoms with Crippen LogP contribution in [-0.2, 0) is 6.18 Å². The van der Waals surface area contributed by atoms with Gasteiger partial charge in [0.05, 0.1) is 5.56 Å². The third-order valence-electron chi connectivity index (χ3n) is 2.58. The maximum Gasteiger partial charge on any atom is 0.417 e. The molecular weight excluding hydrogens is 321 g/mol. The van der Waals surface area contributed by atoms with Gasteiger partial charge in [-0.25, -0.2) is 0 Å². The Hall–Kier alpha value is -1.62. The standard InChI is InChI=1S/C14H8BrF3O/c15-10-7-5-9(6-8-10)13(19)11-3-1-2-4-12(11)14(16,17)18/h1-8H. The van der Waals surface area contributed by atoms with Crippen molar-refractivity contribution in [3.05, 3.63) is 69.7 Å². The molecule has 0 aliphatic heterocycles. The topological polar surface area (TPSA) is 17.1 Å². The normalized spacial score (nSPS) is 11.4. The van der Waals surface area contributed by atoms with Crippen LogP contribution < -0.4 is 0 Å².